The van der Waals surface area contributed by atoms with Gasteiger partial charge in [0.05, 0.1) is 18.4 Å². The van der Waals surface area contributed by atoms with Crippen molar-refractivity contribution in [2.24, 2.45) is 5.10 Å². The molecule has 0 fully saturated rings. The van der Waals surface area contributed by atoms with Gasteiger partial charge in [-0.3, -0.25) is 4.79 Å². The second-order valence-electron chi connectivity index (χ2n) is 4.52. The van der Waals surface area contributed by atoms with Crippen molar-refractivity contribution in [1.29, 1.82) is 0 Å². The van der Waals surface area contributed by atoms with Gasteiger partial charge in [-0.2, -0.15) is 5.10 Å². The van der Waals surface area contributed by atoms with Crippen molar-refractivity contribution in [2.75, 3.05) is 6.61 Å². The number of phenolic OH excluding ortho intramolecular Hbond substituents is 2. The van der Waals surface area contributed by atoms with Gasteiger partial charge in [-0.1, -0.05) is 0 Å². The van der Waals surface area contributed by atoms with Crippen LogP contribution >= 0.6 is 22.6 Å². The van der Waals surface area contributed by atoms with Gasteiger partial charge in [0.2, 0.25) is 0 Å². The molecule has 1 amide bonds. The molecule has 0 bridgehead atoms. The Hall–Kier alpha value is -2.29. The van der Waals surface area contributed by atoms with E-state index in [0.29, 0.717) is 17.9 Å². The van der Waals surface area contributed by atoms with Crippen LogP contribution in [0.25, 0.3) is 0 Å². The van der Waals surface area contributed by atoms with Gasteiger partial charge >= 0.3 is 0 Å². The number of carbonyl (C=O) groups is 1. The molecule has 2 rings (SSSR count). The normalized spacial score (nSPS) is 10.7. The molecular formula is C16H15IN2O4. The van der Waals surface area contributed by atoms with Crippen LogP contribution in [0.1, 0.15) is 22.8 Å². The summed E-state index contributed by atoms with van der Waals surface area (Å²) < 4.78 is 6.10. The van der Waals surface area contributed by atoms with Crippen molar-refractivity contribution >= 4 is 34.7 Å². The average molecular weight is 426 g/mol. The molecule has 2 aromatic carbocycles. The summed E-state index contributed by atoms with van der Waals surface area (Å²) in [6.45, 7) is 2.24. The third-order valence-corrected chi connectivity index (χ3v) is 3.54. The second-order valence-corrected chi connectivity index (χ2v) is 5.77. The fourth-order valence-electron chi connectivity index (χ4n) is 1.80. The fourth-order valence-corrected chi connectivity index (χ4v) is 2.29. The van der Waals surface area contributed by atoms with Gasteiger partial charge in [0.25, 0.3) is 5.91 Å². The number of nitrogens with one attached hydrogen (secondary N) is 1. The molecule has 3 N–H and O–H groups in total. The van der Waals surface area contributed by atoms with E-state index in [1.807, 2.05) is 29.5 Å². The van der Waals surface area contributed by atoms with Crippen molar-refractivity contribution in [3.05, 3.63) is 51.1 Å². The van der Waals surface area contributed by atoms with Crippen LogP contribution in [0.15, 0.2) is 41.5 Å². The van der Waals surface area contributed by atoms with Crippen molar-refractivity contribution in [3.8, 4) is 17.2 Å². The molecule has 6 nitrogen and oxygen atoms in total. The molecule has 120 valence electrons. The third kappa shape index (κ3) is 4.59. The molecule has 0 heterocycles. The highest BCUT2D eigenvalue weighted by molar-refractivity contribution is 14.1. The van der Waals surface area contributed by atoms with E-state index in [0.717, 1.165) is 3.57 Å². The zero-order chi connectivity index (χ0) is 16.8. The Morgan fingerprint density at radius 3 is 2.74 bits per heavy atom. The predicted molar refractivity (Wildman–Crippen MR) is 95.2 cm³/mol. The summed E-state index contributed by atoms with van der Waals surface area (Å²) in [6.07, 6.45) is 1.42. The molecule has 23 heavy (non-hydrogen) atoms. The maximum absolute atomic E-state index is 12.0. The predicted octanol–water partition coefficient (Wildman–Crippen LogP) is 2.87. The summed E-state index contributed by atoms with van der Waals surface area (Å²) in [4.78, 5) is 12.0. The Labute approximate surface area is 146 Å². The lowest BCUT2D eigenvalue weighted by molar-refractivity contribution is 0.0952. The number of aromatic hydroxyl groups is 2. The van der Waals surface area contributed by atoms with E-state index in [4.69, 9.17) is 4.74 Å². The van der Waals surface area contributed by atoms with Crippen molar-refractivity contribution in [3.63, 3.8) is 0 Å². The maximum Gasteiger partial charge on any atom is 0.275 e. The molecule has 0 spiro atoms. The number of ether oxygens (including phenoxy) is 1. The molecule has 0 atom stereocenters. The Balaban J connectivity index is 2.08. The van der Waals surface area contributed by atoms with E-state index < -0.39 is 5.91 Å². The fraction of sp³-hybridized carbons (Fsp3) is 0.125. The van der Waals surface area contributed by atoms with Crippen LogP contribution in [0.4, 0.5) is 0 Å². The highest BCUT2D eigenvalue weighted by Gasteiger charge is 2.10. The summed E-state index contributed by atoms with van der Waals surface area (Å²) in [7, 11) is 0. The first-order valence-electron chi connectivity index (χ1n) is 6.79. The van der Waals surface area contributed by atoms with Gasteiger partial charge in [-0.05, 0) is 71.5 Å². The van der Waals surface area contributed by atoms with E-state index in [2.05, 4.69) is 10.5 Å². The monoisotopic (exact) mass is 426 g/mol. The van der Waals surface area contributed by atoms with Gasteiger partial charge in [0.15, 0.2) is 11.5 Å². The number of hydrogen-bond donors (Lipinski definition) is 3. The molecule has 0 unspecified atom stereocenters. The summed E-state index contributed by atoms with van der Waals surface area (Å²) in [6, 6.07) is 9.44. The highest BCUT2D eigenvalue weighted by Crippen LogP contribution is 2.26. The molecule has 0 saturated heterocycles. The summed E-state index contributed by atoms with van der Waals surface area (Å²) in [5, 5.41) is 23.1. The van der Waals surface area contributed by atoms with E-state index in [9.17, 15) is 15.0 Å². The number of amides is 1. The Morgan fingerprint density at radius 1 is 1.26 bits per heavy atom. The van der Waals surface area contributed by atoms with E-state index in [1.54, 1.807) is 24.3 Å². The molecule has 0 aliphatic heterocycles. The Kier molecular flexibility index (Phi) is 5.80. The Bertz CT molecular complexity index is 747. The van der Waals surface area contributed by atoms with Gasteiger partial charge in [0, 0.05) is 3.57 Å². The minimum absolute atomic E-state index is 0.0387. The first-order chi connectivity index (χ1) is 11.0. The lowest BCUT2D eigenvalue weighted by atomic mass is 10.2. The maximum atomic E-state index is 12.0. The smallest absolute Gasteiger partial charge is 0.275 e. The largest absolute Gasteiger partial charge is 0.507 e. The summed E-state index contributed by atoms with van der Waals surface area (Å²) in [5.74, 6) is -0.239. The van der Waals surface area contributed by atoms with Gasteiger partial charge in [0.1, 0.15) is 5.75 Å². The molecule has 0 aliphatic carbocycles. The Morgan fingerprint density at radius 2 is 2.00 bits per heavy atom. The minimum Gasteiger partial charge on any atom is -0.507 e. The summed E-state index contributed by atoms with van der Waals surface area (Å²) >= 11 is 2.05. The number of nitrogens with zero attached hydrogens (tertiary/aromatic N) is 1. The number of hydrogen-bond acceptors (Lipinski definition) is 5. The molecular weight excluding hydrogens is 411 g/mol. The molecule has 0 aliphatic rings. The lowest BCUT2D eigenvalue weighted by Gasteiger charge is -2.06. The number of hydrazone groups is 1. The third-order valence-electron chi connectivity index (χ3n) is 2.87. The van der Waals surface area contributed by atoms with Crippen molar-refractivity contribution in [2.45, 2.75) is 6.92 Å². The van der Waals surface area contributed by atoms with E-state index >= 15 is 0 Å². The standard InChI is InChI=1S/C16H15IN2O4/c1-2-23-15-7-10(3-5-14(15)21)9-18-19-16(22)12-8-11(17)4-6-13(12)20/h3-9,20-21H,2H2,1H3,(H,19,22)/b18-9-. The van der Waals surface area contributed by atoms with Crippen LogP contribution in [0.3, 0.4) is 0 Å². The van der Waals surface area contributed by atoms with E-state index in [1.165, 1.54) is 18.3 Å². The van der Waals surface area contributed by atoms with Crippen LogP contribution in [0.2, 0.25) is 0 Å². The zero-order valence-electron chi connectivity index (χ0n) is 12.3. The SMILES string of the molecule is CCOc1cc(/C=N\NC(=O)c2cc(I)ccc2O)ccc1O. The first kappa shape index (κ1) is 17.1. The van der Waals surface area contributed by atoms with Crippen LogP contribution in [0, 0.1) is 3.57 Å². The van der Waals surface area contributed by atoms with Gasteiger partial charge < -0.3 is 14.9 Å². The molecule has 2 aromatic rings. The molecule has 0 radical (unpaired) electrons. The summed E-state index contributed by atoms with van der Waals surface area (Å²) in [5.41, 5.74) is 3.14. The van der Waals surface area contributed by atoms with Crippen molar-refractivity contribution < 1.29 is 19.7 Å². The molecule has 0 aromatic heterocycles. The minimum atomic E-state index is -0.513. The number of rotatable bonds is 5. The zero-order valence-corrected chi connectivity index (χ0v) is 14.4. The molecule has 7 heteroatoms. The van der Waals surface area contributed by atoms with Crippen molar-refractivity contribution in [1.82, 2.24) is 5.43 Å². The van der Waals surface area contributed by atoms with Crippen LogP contribution in [0.5, 0.6) is 17.2 Å². The number of phenols is 2. The van der Waals surface area contributed by atoms with Crippen LogP contribution in [-0.2, 0) is 0 Å². The highest BCUT2D eigenvalue weighted by atomic mass is 127. The topological polar surface area (TPSA) is 91.2 Å². The molecule has 0 saturated carbocycles. The van der Waals surface area contributed by atoms with Crippen LogP contribution < -0.4 is 10.2 Å². The van der Waals surface area contributed by atoms with E-state index in [-0.39, 0.29) is 17.1 Å². The van der Waals surface area contributed by atoms with Gasteiger partial charge in [-0.25, -0.2) is 5.43 Å². The lowest BCUT2D eigenvalue weighted by Crippen LogP contribution is -2.17. The van der Waals surface area contributed by atoms with Gasteiger partial charge in [-0.15, -0.1) is 0 Å². The second kappa shape index (κ2) is 7.82. The number of carbonyl (C=O) groups excluding carboxylic acids is 1. The number of halogens is 1. The first-order valence-corrected chi connectivity index (χ1v) is 7.87. The average Bonchev–Trinajstić information content (AvgIpc) is 2.53. The number of benzene rings is 2. The van der Waals surface area contributed by atoms with Crippen LogP contribution in [-0.4, -0.2) is 28.9 Å². The quantitative estimate of drug-likeness (QED) is 0.390.